The quantitative estimate of drug-likeness (QED) is 0.150. The van der Waals surface area contributed by atoms with Crippen molar-refractivity contribution in [2.45, 2.75) is 84.6 Å². The number of nitrogens with zero attached hydrogens (tertiary/aromatic N) is 2. The van der Waals surface area contributed by atoms with Crippen LogP contribution in [0.5, 0.6) is 0 Å². The van der Waals surface area contributed by atoms with Gasteiger partial charge in [-0.05, 0) is 78.8 Å². The predicted molar refractivity (Wildman–Crippen MR) is 189 cm³/mol. The number of allylic oxidation sites excluding steroid dienone is 1. The Bertz CT molecular complexity index is 1850. The molecule has 2 heteroatoms. The molecule has 0 saturated carbocycles. The van der Waals surface area contributed by atoms with Crippen LogP contribution in [-0.2, 0) is 17.4 Å². The highest BCUT2D eigenvalue weighted by atomic mass is 15.1. The average Bonchev–Trinajstić information content (AvgIpc) is 3.08. The van der Waals surface area contributed by atoms with E-state index in [4.69, 9.17) is 0 Å². The molecule has 0 aliphatic carbocycles. The monoisotopic (exact) mass is 592 g/mol. The van der Waals surface area contributed by atoms with E-state index in [1.807, 2.05) is 0 Å². The van der Waals surface area contributed by atoms with Gasteiger partial charge >= 0.3 is 0 Å². The van der Waals surface area contributed by atoms with Crippen LogP contribution in [-0.4, -0.2) is 0 Å². The maximum atomic E-state index is 2.65. The van der Waals surface area contributed by atoms with Crippen LogP contribution in [0.2, 0.25) is 0 Å². The van der Waals surface area contributed by atoms with E-state index < -0.39 is 0 Å². The normalized spacial score (nSPS) is 19.0. The first-order chi connectivity index (χ1) is 21.9. The maximum Gasteiger partial charge on any atom is 0.218 e. The van der Waals surface area contributed by atoms with Crippen molar-refractivity contribution in [2.24, 2.45) is 0 Å². The minimum atomic E-state index is -0.219. The number of hydrogen-bond acceptors (Lipinski definition) is 0. The summed E-state index contributed by atoms with van der Waals surface area (Å²) in [5.41, 5.74) is 12.7. The Morgan fingerprint density at radius 1 is 0.689 bits per heavy atom. The second kappa shape index (κ2) is 12.6. The van der Waals surface area contributed by atoms with Gasteiger partial charge in [-0.3, -0.25) is 0 Å². The molecule has 228 valence electrons. The third-order valence-electron chi connectivity index (χ3n) is 10.6. The summed E-state index contributed by atoms with van der Waals surface area (Å²) in [7, 11) is 0. The molecule has 1 aliphatic heterocycles. The lowest BCUT2D eigenvalue weighted by molar-refractivity contribution is -0.768. The summed E-state index contributed by atoms with van der Waals surface area (Å²) in [5.74, 6) is 0. The number of benzene rings is 3. The molecule has 1 aliphatic rings. The van der Waals surface area contributed by atoms with Crippen molar-refractivity contribution in [2.75, 3.05) is 0 Å². The third kappa shape index (κ3) is 5.25. The van der Waals surface area contributed by atoms with Gasteiger partial charge in [0.2, 0.25) is 11.4 Å². The molecule has 3 heterocycles. The first-order valence-corrected chi connectivity index (χ1v) is 16.9. The van der Waals surface area contributed by atoms with Crippen molar-refractivity contribution in [3.05, 3.63) is 138 Å². The third-order valence-corrected chi connectivity index (χ3v) is 10.6. The van der Waals surface area contributed by atoms with Crippen molar-refractivity contribution in [1.82, 2.24) is 0 Å². The molecule has 0 radical (unpaired) electrons. The molecular formula is C43H48N2+2. The van der Waals surface area contributed by atoms with Crippen molar-refractivity contribution in [1.29, 1.82) is 0 Å². The molecular weight excluding hydrogens is 544 g/mol. The molecule has 0 bridgehead atoms. The Morgan fingerprint density at radius 3 is 2.20 bits per heavy atom. The summed E-state index contributed by atoms with van der Waals surface area (Å²) in [6.07, 6.45) is 12.8. The van der Waals surface area contributed by atoms with E-state index in [0.29, 0.717) is 0 Å². The molecule has 0 fully saturated rings. The number of pyridine rings is 2. The van der Waals surface area contributed by atoms with E-state index in [1.54, 1.807) is 0 Å². The van der Waals surface area contributed by atoms with Gasteiger partial charge in [-0.25, -0.2) is 0 Å². The fourth-order valence-corrected chi connectivity index (χ4v) is 7.87. The summed E-state index contributed by atoms with van der Waals surface area (Å²) >= 11 is 0. The highest BCUT2D eigenvalue weighted by molar-refractivity contribution is 5.69. The van der Waals surface area contributed by atoms with Crippen LogP contribution in [0.3, 0.4) is 0 Å². The van der Waals surface area contributed by atoms with Crippen LogP contribution in [0, 0.1) is 13.8 Å². The number of fused-ring (bicyclic) bond motifs is 3. The van der Waals surface area contributed by atoms with Crippen LogP contribution >= 0.6 is 0 Å². The minimum Gasteiger partial charge on any atom is -0.190 e. The van der Waals surface area contributed by atoms with Gasteiger partial charge in [0.05, 0.1) is 11.0 Å². The molecule has 3 aromatic carbocycles. The highest BCUT2D eigenvalue weighted by Gasteiger charge is 2.58. The molecule has 0 N–H and O–H groups in total. The van der Waals surface area contributed by atoms with Crippen molar-refractivity contribution in [3.63, 3.8) is 0 Å². The summed E-state index contributed by atoms with van der Waals surface area (Å²) in [6, 6.07) is 38.2. The van der Waals surface area contributed by atoms with Crippen molar-refractivity contribution >= 4 is 6.20 Å². The summed E-state index contributed by atoms with van der Waals surface area (Å²) in [4.78, 5) is 0. The standard InChI is InChI=1S/C43H48N2/c1-7-10-19-34-24-26-39-38(30-34)41-23-16-18-33(5)45(41)42(6,8-2)43(39,9-3)28-29-44-31-36(35-20-12-11-13-21-35)25-27-40(44)37-22-15-14-17-32(37)4/h11-18,20-31H,7-10,19H2,1-6H3/q+2. The van der Waals surface area contributed by atoms with Gasteiger partial charge in [0.15, 0.2) is 23.6 Å². The Labute approximate surface area is 270 Å². The smallest absolute Gasteiger partial charge is 0.190 e. The summed E-state index contributed by atoms with van der Waals surface area (Å²) < 4.78 is 5.02. The first kappa shape index (κ1) is 30.7. The highest BCUT2D eigenvalue weighted by Crippen LogP contribution is 2.51. The maximum absolute atomic E-state index is 2.65. The van der Waals surface area contributed by atoms with Gasteiger partial charge in [0.25, 0.3) is 0 Å². The van der Waals surface area contributed by atoms with E-state index in [1.165, 1.54) is 68.9 Å². The predicted octanol–water partition coefficient (Wildman–Crippen LogP) is 10.2. The fourth-order valence-electron chi connectivity index (χ4n) is 7.87. The zero-order valence-corrected chi connectivity index (χ0v) is 28.0. The number of aryl methyl sites for hydroxylation is 3. The van der Waals surface area contributed by atoms with Crippen LogP contribution in [0.15, 0.2) is 115 Å². The average molecular weight is 593 g/mol. The number of aromatic nitrogens is 2. The number of unbranched alkanes of at least 4 members (excludes halogenated alkanes) is 1. The Morgan fingerprint density at radius 2 is 1.47 bits per heavy atom. The number of hydrogen-bond donors (Lipinski definition) is 0. The molecule has 2 nitrogen and oxygen atoms in total. The molecule has 0 saturated heterocycles. The SMILES string of the molecule is CCCCc1ccc2c(c1)-c1cccc(C)[n+]1C(C)(CC)C2(C=C[n+]1cc(-c2ccccc2)ccc1-c1ccccc1C)CC. The summed E-state index contributed by atoms with van der Waals surface area (Å²) in [6.45, 7) is 14.0. The molecule has 0 amide bonds. The van der Waals surface area contributed by atoms with E-state index in [9.17, 15) is 0 Å². The lowest BCUT2D eigenvalue weighted by Crippen LogP contribution is -2.69. The molecule has 6 rings (SSSR count). The zero-order chi connectivity index (χ0) is 31.6. The minimum absolute atomic E-state index is 0.155. The largest absolute Gasteiger partial charge is 0.218 e. The van der Waals surface area contributed by atoms with Crippen LogP contribution in [0.25, 0.3) is 39.8 Å². The van der Waals surface area contributed by atoms with E-state index >= 15 is 0 Å². The van der Waals surface area contributed by atoms with Gasteiger partial charge in [0, 0.05) is 49.6 Å². The molecule has 2 aromatic heterocycles. The van der Waals surface area contributed by atoms with Gasteiger partial charge in [0.1, 0.15) is 0 Å². The second-order valence-corrected chi connectivity index (χ2v) is 13.0. The Hall–Kier alpha value is -4.30. The second-order valence-electron chi connectivity index (χ2n) is 13.0. The van der Waals surface area contributed by atoms with Crippen LogP contribution in [0.1, 0.15) is 75.8 Å². The van der Waals surface area contributed by atoms with Crippen LogP contribution in [0.4, 0.5) is 0 Å². The lowest BCUT2D eigenvalue weighted by Gasteiger charge is -2.46. The van der Waals surface area contributed by atoms with Gasteiger partial charge in [-0.15, -0.1) is 0 Å². The molecule has 2 atom stereocenters. The van der Waals surface area contributed by atoms with Gasteiger partial charge in [-0.2, -0.15) is 9.13 Å². The fraction of sp³-hybridized carbons (Fsp3) is 0.302. The Balaban J connectivity index is 1.60. The number of rotatable bonds is 9. The van der Waals surface area contributed by atoms with E-state index in [-0.39, 0.29) is 11.0 Å². The first-order valence-electron chi connectivity index (χ1n) is 16.9. The molecule has 2 unspecified atom stereocenters. The topological polar surface area (TPSA) is 7.76 Å². The Kier molecular flexibility index (Phi) is 8.60. The van der Waals surface area contributed by atoms with Crippen LogP contribution < -0.4 is 9.13 Å². The molecule has 45 heavy (non-hydrogen) atoms. The zero-order valence-electron chi connectivity index (χ0n) is 28.0. The van der Waals surface area contributed by atoms with Crippen molar-refractivity contribution in [3.8, 4) is 33.6 Å². The van der Waals surface area contributed by atoms with E-state index in [0.717, 1.165) is 19.3 Å². The van der Waals surface area contributed by atoms with Crippen molar-refractivity contribution < 1.29 is 9.13 Å². The van der Waals surface area contributed by atoms with E-state index in [2.05, 4.69) is 172 Å². The molecule has 5 aromatic rings. The lowest BCUT2D eigenvalue weighted by atomic mass is 9.59. The van der Waals surface area contributed by atoms with Gasteiger partial charge in [-0.1, -0.05) is 87.9 Å². The van der Waals surface area contributed by atoms with Gasteiger partial charge < -0.3 is 0 Å². The summed E-state index contributed by atoms with van der Waals surface area (Å²) in [5, 5.41) is 0. The molecule has 0 spiro atoms.